The van der Waals surface area contributed by atoms with Crippen molar-refractivity contribution >= 4 is 29.6 Å². The molecule has 0 aromatic heterocycles. The van der Waals surface area contributed by atoms with E-state index in [-0.39, 0.29) is 6.42 Å². The lowest BCUT2D eigenvalue weighted by Crippen LogP contribution is -2.45. The molecule has 0 saturated heterocycles. The maximum atomic E-state index is 12.0. The summed E-state index contributed by atoms with van der Waals surface area (Å²) in [4.78, 5) is 35.0. The molecule has 0 aliphatic carbocycles. The lowest BCUT2D eigenvalue weighted by atomic mass is 10.1. The van der Waals surface area contributed by atoms with E-state index in [9.17, 15) is 14.4 Å². The number of benzene rings is 1. The highest BCUT2D eigenvalue weighted by molar-refractivity contribution is 6.25. The van der Waals surface area contributed by atoms with Crippen LogP contribution in [0.3, 0.4) is 0 Å². The van der Waals surface area contributed by atoms with Gasteiger partial charge < -0.3 is 16.2 Å². The first kappa shape index (κ1) is 18.9. The van der Waals surface area contributed by atoms with Gasteiger partial charge >= 0.3 is 5.97 Å². The topological polar surface area (TPSA) is 113 Å². The average molecular weight is 342 g/mol. The summed E-state index contributed by atoms with van der Waals surface area (Å²) in [6, 6.07) is 7.23. The Morgan fingerprint density at radius 3 is 2.43 bits per heavy atom. The number of amides is 2. The summed E-state index contributed by atoms with van der Waals surface area (Å²) in [6.07, 6.45) is 1.53. The first-order valence-corrected chi connectivity index (χ1v) is 7.54. The molecule has 4 N–H and O–H groups in total. The van der Waals surface area contributed by atoms with Crippen molar-refractivity contribution in [1.29, 1.82) is 0 Å². The Labute approximate surface area is 139 Å². The number of unbranched alkanes of at least 4 members (excludes halogenated alkanes) is 1. The van der Waals surface area contributed by atoms with Crippen molar-refractivity contribution in [2.75, 3.05) is 13.1 Å². The molecule has 0 aliphatic rings. The number of hydrogen-bond donors (Lipinski definition) is 3. The molecule has 1 atom stereocenters. The summed E-state index contributed by atoms with van der Waals surface area (Å²) >= 11 is 5.81. The normalized spacial score (nSPS) is 11.6. The number of nitrogens with one attached hydrogen (secondary N) is 1. The molecule has 1 rings (SSSR count). The monoisotopic (exact) mass is 341 g/mol. The minimum absolute atomic E-state index is 0.271. The number of rotatable bonds is 9. The highest BCUT2D eigenvalue weighted by atomic mass is 35.5. The first-order chi connectivity index (χ1) is 11.0. The van der Waals surface area contributed by atoms with Crippen LogP contribution in [0.15, 0.2) is 30.3 Å². The fourth-order valence-corrected chi connectivity index (χ4v) is 2.11. The van der Waals surface area contributed by atoms with Crippen molar-refractivity contribution in [1.82, 2.24) is 9.74 Å². The van der Waals surface area contributed by atoms with Gasteiger partial charge in [-0.2, -0.15) is 0 Å². The zero-order valence-electron chi connectivity index (χ0n) is 12.6. The van der Waals surface area contributed by atoms with Gasteiger partial charge in [0.05, 0.1) is 0 Å². The van der Waals surface area contributed by atoms with E-state index < -0.39 is 30.4 Å². The fourth-order valence-electron chi connectivity index (χ4n) is 1.91. The molecule has 23 heavy (non-hydrogen) atoms. The number of aliphatic carboxylic acids is 1. The lowest BCUT2D eigenvalue weighted by molar-refractivity contribution is -0.142. The van der Waals surface area contributed by atoms with Crippen LogP contribution in [0.1, 0.15) is 29.6 Å². The van der Waals surface area contributed by atoms with Gasteiger partial charge in [0.25, 0.3) is 5.91 Å². The Bertz CT molecular complexity index is 539. The van der Waals surface area contributed by atoms with Crippen molar-refractivity contribution in [3.8, 4) is 0 Å². The Balaban J connectivity index is 2.53. The van der Waals surface area contributed by atoms with Crippen LogP contribution in [0.4, 0.5) is 0 Å². The molecule has 0 heterocycles. The summed E-state index contributed by atoms with van der Waals surface area (Å²) in [5.74, 6) is -2.30. The zero-order chi connectivity index (χ0) is 17.2. The molecule has 1 aromatic carbocycles. The van der Waals surface area contributed by atoms with E-state index in [1.165, 1.54) is 0 Å². The average Bonchev–Trinajstić information content (AvgIpc) is 2.54. The van der Waals surface area contributed by atoms with Crippen LogP contribution in [0, 0.1) is 0 Å². The van der Waals surface area contributed by atoms with Crippen LogP contribution in [-0.4, -0.2) is 46.4 Å². The van der Waals surface area contributed by atoms with E-state index in [4.69, 9.17) is 22.6 Å². The van der Waals surface area contributed by atoms with Crippen LogP contribution in [0.5, 0.6) is 0 Å². The molecule has 2 amide bonds. The van der Waals surface area contributed by atoms with Gasteiger partial charge in [0, 0.05) is 17.3 Å². The lowest BCUT2D eigenvalue weighted by Gasteiger charge is -2.17. The number of nitrogens with two attached hydrogens (primary N) is 1. The van der Waals surface area contributed by atoms with Crippen molar-refractivity contribution in [2.24, 2.45) is 5.73 Å². The molecule has 8 heteroatoms. The predicted octanol–water partition coefficient (Wildman–Crippen LogP) is 0.981. The molecule has 0 spiro atoms. The largest absolute Gasteiger partial charge is 0.480 e. The minimum Gasteiger partial charge on any atom is -0.480 e. The minimum atomic E-state index is -1.13. The van der Waals surface area contributed by atoms with Gasteiger partial charge in [-0.3, -0.25) is 9.59 Å². The van der Waals surface area contributed by atoms with E-state index in [1.807, 2.05) is 0 Å². The quantitative estimate of drug-likeness (QED) is 0.458. The molecule has 1 aromatic rings. The number of carboxylic acids is 1. The van der Waals surface area contributed by atoms with Gasteiger partial charge in [-0.25, -0.2) is 9.21 Å². The van der Waals surface area contributed by atoms with Gasteiger partial charge in [-0.05, 0) is 37.9 Å². The molecule has 126 valence electrons. The molecule has 0 bridgehead atoms. The highest BCUT2D eigenvalue weighted by Crippen LogP contribution is 2.07. The maximum Gasteiger partial charge on any atom is 0.326 e. The van der Waals surface area contributed by atoms with Crippen LogP contribution < -0.4 is 11.1 Å². The van der Waals surface area contributed by atoms with Crippen LogP contribution in [-0.2, 0) is 9.59 Å². The van der Waals surface area contributed by atoms with E-state index in [2.05, 4.69) is 5.32 Å². The summed E-state index contributed by atoms with van der Waals surface area (Å²) < 4.78 is 0.726. The van der Waals surface area contributed by atoms with Gasteiger partial charge in [-0.1, -0.05) is 18.2 Å². The summed E-state index contributed by atoms with van der Waals surface area (Å²) in [7, 11) is 0. The molecule has 0 unspecified atom stereocenters. The van der Waals surface area contributed by atoms with Crippen molar-refractivity contribution in [2.45, 2.75) is 25.3 Å². The number of nitrogens with zero attached hydrogens (tertiary/aromatic N) is 1. The van der Waals surface area contributed by atoms with Crippen molar-refractivity contribution in [3.63, 3.8) is 0 Å². The maximum absolute atomic E-state index is 12.0. The molecule has 0 radical (unpaired) electrons. The first-order valence-electron chi connectivity index (χ1n) is 7.20. The molecule has 7 nitrogen and oxygen atoms in total. The third kappa shape index (κ3) is 6.66. The zero-order valence-corrected chi connectivity index (χ0v) is 13.3. The van der Waals surface area contributed by atoms with Gasteiger partial charge in [0.1, 0.15) is 12.6 Å². The molecule has 0 saturated carbocycles. The second-order valence-corrected chi connectivity index (χ2v) is 5.34. The Hall–Kier alpha value is -2.12. The number of hydrogen-bond acceptors (Lipinski definition) is 4. The summed E-state index contributed by atoms with van der Waals surface area (Å²) in [5, 5.41) is 11.4. The van der Waals surface area contributed by atoms with Crippen molar-refractivity contribution in [3.05, 3.63) is 35.9 Å². The second kappa shape index (κ2) is 9.81. The standard InChI is InChI=1S/C15H20ClN3O4/c16-19(14(21)11-6-2-1-3-7-11)10-13(20)18-12(15(22)23)8-4-5-9-17/h1-3,6-7,12H,4-5,8-10,17H2,(H,18,20)(H,22,23)/t12-/m0/s1. The number of carboxylic acid groups (broad SMARTS) is 1. The third-order valence-corrected chi connectivity index (χ3v) is 3.38. The molecular weight excluding hydrogens is 322 g/mol. The van der Waals surface area contributed by atoms with Gasteiger partial charge in [-0.15, -0.1) is 0 Å². The molecule has 0 aliphatic heterocycles. The van der Waals surface area contributed by atoms with E-state index in [0.29, 0.717) is 24.9 Å². The van der Waals surface area contributed by atoms with Gasteiger partial charge in [0.15, 0.2) is 0 Å². The molecule has 0 fully saturated rings. The summed E-state index contributed by atoms with van der Waals surface area (Å²) in [6.45, 7) is 0.0251. The van der Waals surface area contributed by atoms with Crippen LogP contribution >= 0.6 is 11.8 Å². The van der Waals surface area contributed by atoms with E-state index in [1.54, 1.807) is 30.3 Å². The van der Waals surface area contributed by atoms with Crippen molar-refractivity contribution < 1.29 is 19.5 Å². The number of carbonyl (C=O) groups is 3. The predicted molar refractivity (Wildman–Crippen MR) is 85.8 cm³/mol. The van der Waals surface area contributed by atoms with Crippen LogP contribution in [0.25, 0.3) is 0 Å². The molecular formula is C15H20ClN3O4. The number of carbonyl (C=O) groups excluding carboxylic acids is 2. The Morgan fingerprint density at radius 2 is 1.87 bits per heavy atom. The fraction of sp³-hybridized carbons (Fsp3) is 0.400. The second-order valence-electron chi connectivity index (χ2n) is 4.93. The van der Waals surface area contributed by atoms with Crippen LogP contribution in [0.2, 0.25) is 0 Å². The smallest absolute Gasteiger partial charge is 0.326 e. The van der Waals surface area contributed by atoms with E-state index in [0.717, 1.165) is 4.42 Å². The Kier molecular flexibility index (Phi) is 8.07. The van der Waals surface area contributed by atoms with Gasteiger partial charge in [0.2, 0.25) is 5.91 Å². The number of halogens is 1. The third-order valence-electron chi connectivity index (χ3n) is 3.10. The SMILES string of the molecule is NCCCC[C@H](NC(=O)CN(Cl)C(=O)c1ccccc1)C(=O)O. The summed E-state index contributed by atoms with van der Waals surface area (Å²) in [5.41, 5.74) is 5.69. The van der Waals surface area contributed by atoms with E-state index >= 15 is 0 Å². The Morgan fingerprint density at radius 1 is 1.22 bits per heavy atom. The highest BCUT2D eigenvalue weighted by Gasteiger charge is 2.22.